The highest BCUT2D eigenvalue weighted by molar-refractivity contribution is 6.06. The lowest BCUT2D eigenvalue weighted by molar-refractivity contribution is 0.0783. The van der Waals surface area contributed by atoms with Crippen molar-refractivity contribution in [1.29, 1.82) is 0 Å². The maximum absolute atomic E-state index is 13.2. The van der Waals surface area contributed by atoms with Crippen LogP contribution in [0, 0.1) is 5.92 Å². The zero-order chi connectivity index (χ0) is 16.8. The predicted octanol–water partition coefficient (Wildman–Crippen LogP) is 3.13. The van der Waals surface area contributed by atoms with E-state index in [-0.39, 0.29) is 5.91 Å². The van der Waals surface area contributed by atoms with Crippen LogP contribution in [0.4, 0.5) is 0 Å². The molecule has 1 saturated heterocycles. The van der Waals surface area contributed by atoms with Crippen LogP contribution < -0.4 is 0 Å². The van der Waals surface area contributed by atoms with Crippen molar-refractivity contribution in [2.75, 3.05) is 27.2 Å². The van der Waals surface area contributed by atoms with Crippen LogP contribution in [0.25, 0.3) is 10.9 Å². The van der Waals surface area contributed by atoms with Gasteiger partial charge in [-0.3, -0.25) is 9.78 Å². The van der Waals surface area contributed by atoms with Gasteiger partial charge in [0.2, 0.25) is 0 Å². The van der Waals surface area contributed by atoms with Gasteiger partial charge in [0, 0.05) is 36.1 Å². The highest BCUT2D eigenvalue weighted by Gasteiger charge is 2.35. The summed E-state index contributed by atoms with van der Waals surface area (Å²) in [5.41, 5.74) is 2.87. The fraction of sp³-hybridized carbons (Fsp3) is 0.500. The van der Waals surface area contributed by atoms with Crippen molar-refractivity contribution < 1.29 is 4.79 Å². The molecule has 1 aromatic heterocycles. The smallest absolute Gasteiger partial charge is 0.254 e. The Kier molecular flexibility index (Phi) is 3.80. The van der Waals surface area contributed by atoms with Crippen LogP contribution in [-0.4, -0.2) is 53.9 Å². The first kappa shape index (κ1) is 15.6. The molecular formula is C20H25N3O. The summed E-state index contributed by atoms with van der Waals surface area (Å²) in [6.07, 6.45) is 2.39. The van der Waals surface area contributed by atoms with Gasteiger partial charge in [0.1, 0.15) is 0 Å². The van der Waals surface area contributed by atoms with Crippen molar-refractivity contribution in [3.63, 3.8) is 0 Å². The molecule has 1 saturated carbocycles. The van der Waals surface area contributed by atoms with Crippen molar-refractivity contribution >= 4 is 16.8 Å². The third-order valence-corrected chi connectivity index (χ3v) is 5.49. The van der Waals surface area contributed by atoms with Crippen molar-refractivity contribution in [2.24, 2.45) is 5.92 Å². The summed E-state index contributed by atoms with van der Waals surface area (Å²) in [6, 6.07) is 10.5. The number of likely N-dealkylation sites (N-methyl/N-ethyl adjacent to an activating group) is 1. The number of amides is 1. The van der Waals surface area contributed by atoms with Gasteiger partial charge < -0.3 is 9.80 Å². The molecule has 2 heterocycles. The van der Waals surface area contributed by atoms with Gasteiger partial charge in [-0.15, -0.1) is 0 Å². The Balaban J connectivity index is 1.71. The highest BCUT2D eigenvalue weighted by atomic mass is 16.2. The van der Waals surface area contributed by atoms with Crippen LogP contribution in [0.2, 0.25) is 0 Å². The molecule has 2 aliphatic rings. The number of hydrogen-bond donors (Lipinski definition) is 0. The highest BCUT2D eigenvalue weighted by Crippen LogP contribution is 2.40. The number of fused-ring (bicyclic) bond motifs is 1. The number of carbonyl (C=O) groups is 1. The zero-order valence-corrected chi connectivity index (χ0v) is 14.7. The van der Waals surface area contributed by atoms with Crippen molar-refractivity contribution in [2.45, 2.75) is 31.7 Å². The summed E-state index contributed by atoms with van der Waals surface area (Å²) in [6.45, 7) is 3.87. The van der Waals surface area contributed by atoms with E-state index >= 15 is 0 Å². The molecule has 126 valence electrons. The SMILES string of the molecule is C[C@H]1CN(C(=O)c2cc(C3CC3)nc3ccccc23)C[C@H]1N(C)C. The van der Waals surface area contributed by atoms with Crippen LogP contribution >= 0.6 is 0 Å². The van der Waals surface area contributed by atoms with E-state index in [1.54, 1.807) is 0 Å². The topological polar surface area (TPSA) is 36.4 Å². The minimum absolute atomic E-state index is 0.159. The van der Waals surface area contributed by atoms with Gasteiger partial charge in [-0.1, -0.05) is 25.1 Å². The van der Waals surface area contributed by atoms with Crippen LogP contribution in [0.5, 0.6) is 0 Å². The Bertz CT molecular complexity index is 782. The van der Waals surface area contributed by atoms with Gasteiger partial charge in [-0.05, 0) is 45.0 Å². The first-order valence-electron chi connectivity index (χ1n) is 8.90. The lowest BCUT2D eigenvalue weighted by Gasteiger charge is -2.22. The van der Waals surface area contributed by atoms with E-state index in [0.717, 1.165) is 35.2 Å². The molecule has 0 radical (unpaired) electrons. The van der Waals surface area contributed by atoms with Crippen molar-refractivity contribution in [3.8, 4) is 0 Å². The van der Waals surface area contributed by atoms with E-state index in [0.29, 0.717) is 17.9 Å². The first-order chi connectivity index (χ1) is 11.5. The molecule has 4 rings (SSSR count). The number of rotatable bonds is 3. The maximum atomic E-state index is 13.2. The quantitative estimate of drug-likeness (QED) is 0.871. The van der Waals surface area contributed by atoms with Gasteiger partial charge in [0.25, 0.3) is 5.91 Å². The number of nitrogens with zero attached hydrogens (tertiary/aromatic N) is 3. The summed E-state index contributed by atoms with van der Waals surface area (Å²) < 4.78 is 0. The molecule has 0 unspecified atom stereocenters. The molecule has 2 atom stereocenters. The van der Waals surface area contributed by atoms with E-state index < -0.39 is 0 Å². The van der Waals surface area contributed by atoms with Gasteiger partial charge in [-0.2, -0.15) is 0 Å². The molecule has 2 aromatic rings. The molecule has 4 nitrogen and oxygen atoms in total. The number of carbonyl (C=O) groups excluding carboxylic acids is 1. The molecule has 0 bridgehead atoms. The third kappa shape index (κ3) is 2.69. The molecule has 0 N–H and O–H groups in total. The molecule has 2 fully saturated rings. The number of likely N-dealkylation sites (tertiary alicyclic amines) is 1. The lowest BCUT2D eigenvalue weighted by atomic mass is 10.0. The first-order valence-corrected chi connectivity index (χ1v) is 8.90. The predicted molar refractivity (Wildman–Crippen MR) is 96.3 cm³/mol. The molecule has 1 aliphatic carbocycles. The Hall–Kier alpha value is -1.94. The largest absolute Gasteiger partial charge is 0.337 e. The second-order valence-electron chi connectivity index (χ2n) is 7.60. The number of pyridine rings is 1. The summed E-state index contributed by atoms with van der Waals surface area (Å²) in [5, 5.41) is 0.979. The maximum Gasteiger partial charge on any atom is 0.254 e. The van der Waals surface area contributed by atoms with Crippen molar-refractivity contribution in [3.05, 3.63) is 41.6 Å². The average molecular weight is 323 g/mol. The van der Waals surface area contributed by atoms with Crippen LogP contribution in [0.15, 0.2) is 30.3 Å². The Morgan fingerprint density at radius 1 is 1.21 bits per heavy atom. The van der Waals surface area contributed by atoms with Gasteiger partial charge in [-0.25, -0.2) is 0 Å². The molecule has 1 amide bonds. The van der Waals surface area contributed by atoms with Gasteiger partial charge >= 0.3 is 0 Å². The second-order valence-corrected chi connectivity index (χ2v) is 7.60. The minimum atomic E-state index is 0.159. The molecule has 0 spiro atoms. The molecule has 4 heteroatoms. The van der Waals surface area contributed by atoms with Crippen LogP contribution in [-0.2, 0) is 0 Å². The third-order valence-electron chi connectivity index (χ3n) is 5.49. The molecule has 24 heavy (non-hydrogen) atoms. The van der Waals surface area contributed by atoms with E-state index in [1.165, 1.54) is 12.8 Å². The molecule has 1 aromatic carbocycles. The standard InChI is InChI=1S/C20H25N3O/c1-13-11-23(12-19(13)22(2)3)20(24)16-10-18(14-8-9-14)21-17-7-5-4-6-15(16)17/h4-7,10,13-14,19H,8-9,11-12H2,1-3H3/t13-,19+/m0/s1. The summed E-state index contributed by atoms with van der Waals surface area (Å²) in [7, 11) is 4.20. The van der Waals surface area contributed by atoms with Crippen molar-refractivity contribution in [1.82, 2.24) is 14.8 Å². The van der Waals surface area contributed by atoms with E-state index in [2.05, 4.69) is 32.0 Å². The molecular weight excluding hydrogens is 298 g/mol. The van der Waals surface area contributed by atoms with Gasteiger partial charge in [0.05, 0.1) is 11.1 Å². The summed E-state index contributed by atoms with van der Waals surface area (Å²) >= 11 is 0. The summed E-state index contributed by atoms with van der Waals surface area (Å²) in [4.78, 5) is 22.3. The Morgan fingerprint density at radius 2 is 1.96 bits per heavy atom. The second kappa shape index (κ2) is 5.85. The fourth-order valence-corrected chi connectivity index (χ4v) is 3.92. The van der Waals surface area contributed by atoms with E-state index in [9.17, 15) is 4.79 Å². The van der Waals surface area contributed by atoms with Gasteiger partial charge in [0.15, 0.2) is 0 Å². The lowest BCUT2D eigenvalue weighted by Crippen LogP contribution is -2.35. The zero-order valence-electron chi connectivity index (χ0n) is 14.7. The normalized spacial score (nSPS) is 24.1. The number of hydrogen-bond acceptors (Lipinski definition) is 3. The van der Waals surface area contributed by atoms with Crippen LogP contribution in [0.1, 0.15) is 41.7 Å². The van der Waals surface area contributed by atoms with E-state index in [4.69, 9.17) is 4.98 Å². The number of para-hydroxylation sites is 1. The monoisotopic (exact) mass is 323 g/mol. The fourth-order valence-electron chi connectivity index (χ4n) is 3.92. The number of benzene rings is 1. The Labute approximate surface area is 143 Å². The van der Waals surface area contributed by atoms with E-state index in [1.807, 2.05) is 29.2 Å². The number of aromatic nitrogens is 1. The average Bonchev–Trinajstić information content (AvgIpc) is 3.35. The Morgan fingerprint density at radius 3 is 2.62 bits per heavy atom. The minimum Gasteiger partial charge on any atom is -0.337 e. The van der Waals surface area contributed by atoms with Crippen LogP contribution in [0.3, 0.4) is 0 Å². The summed E-state index contributed by atoms with van der Waals surface area (Å²) in [5.74, 6) is 1.21. The molecule has 1 aliphatic heterocycles.